The Balaban J connectivity index is 2.17. The molecule has 1 atom stereocenters. The highest BCUT2D eigenvalue weighted by atomic mass is 35.5. The second kappa shape index (κ2) is 6.98. The first-order valence-corrected chi connectivity index (χ1v) is 7.27. The second-order valence-electron chi connectivity index (χ2n) is 4.22. The van der Waals surface area contributed by atoms with Gasteiger partial charge in [0.25, 0.3) is 5.91 Å². The molecule has 0 saturated heterocycles. The van der Waals surface area contributed by atoms with Crippen molar-refractivity contribution in [1.29, 1.82) is 0 Å². The minimum atomic E-state index is -0.277. The average molecular weight is 329 g/mol. The van der Waals surface area contributed by atoms with Gasteiger partial charge in [0.15, 0.2) is 0 Å². The predicted molar refractivity (Wildman–Crippen MR) is 83.8 cm³/mol. The molecule has 1 amide bonds. The third-order valence-electron chi connectivity index (χ3n) is 2.84. The summed E-state index contributed by atoms with van der Waals surface area (Å²) in [7, 11) is 0. The van der Waals surface area contributed by atoms with Crippen molar-refractivity contribution in [3.05, 3.63) is 69.7 Å². The quantitative estimate of drug-likeness (QED) is 0.810. The van der Waals surface area contributed by atoms with E-state index >= 15 is 0 Å². The van der Waals surface area contributed by atoms with Gasteiger partial charge in [0.2, 0.25) is 0 Å². The van der Waals surface area contributed by atoms with Crippen molar-refractivity contribution >= 4 is 40.7 Å². The van der Waals surface area contributed by atoms with Crippen molar-refractivity contribution in [1.82, 2.24) is 5.32 Å². The van der Waals surface area contributed by atoms with Crippen molar-refractivity contribution in [2.24, 2.45) is 0 Å². The van der Waals surface area contributed by atoms with Crippen LogP contribution >= 0.6 is 34.8 Å². The molecule has 2 rings (SSSR count). The Morgan fingerprint density at radius 1 is 1.10 bits per heavy atom. The molecular formula is C15H12Cl3NO. The van der Waals surface area contributed by atoms with Crippen molar-refractivity contribution in [2.45, 2.75) is 6.04 Å². The van der Waals surface area contributed by atoms with E-state index < -0.39 is 0 Å². The van der Waals surface area contributed by atoms with Crippen molar-refractivity contribution in [3.63, 3.8) is 0 Å². The number of alkyl halides is 1. The molecule has 20 heavy (non-hydrogen) atoms. The van der Waals surface area contributed by atoms with E-state index in [2.05, 4.69) is 5.32 Å². The zero-order valence-corrected chi connectivity index (χ0v) is 12.7. The molecule has 0 saturated carbocycles. The Bertz CT molecular complexity index is 601. The first-order chi connectivity index (χ1) is 9.61. The number of hydrogen-bond donors (Lipinski definition) is 1. The van der Waals surface area contributed by atoms with E-state index in [9.17, 15) is 4.79 Å². The van der Waals surface area contributed by atoms with E-state index in [1.807, 2.05) is 30.3 Å². The third kappa shape index (κ3) is 3.66. The molecule has 1 unspecified atom stereocenters. The van der Waals surface area contributed by atoms with E-state index in [-0.39, 0.29) is 17.8 Å². The van der Waals surface area contributed by atoms with Gasteiger partial charge < -0.3 is 5.32 Å². The maximum Gasteiger partial charge on any atom is 0.253 e. The molecule has 0 spiro atoms. The second-order valence-corrected chi connectivity index (χ2v) is 5.37. The van der Waals surface area contributed by atoms with E-state index in [1.165, 1.54) is 6.07 Å². The van der Waals surface area contributed by atoms with Gasteiger partial charge in [0.1, 0.15) is 0 Å². The molecule has 5 heteroatoms. The van der Waals surface area contributed by atoms with Gasteiger partial charge in [0.05, 0.1) is 16.6 Å². The summed E-state index contributed by atoms with van der Waals surface area (Å²) in [5.74, 6) is 0.00204. The summed E-state index contributed by atoms with van der Waals surface area (Å²) in [6.07, 6.45) is 0. The topological polar surface area (TPSA) is 29.1 Å². The fourth-order valence-corrected chi connectivity index (χ4v) is 2.56. The van der Waals surface area contributed by atoms with E-state index in [0.29, 0.717) is 15.6 Å². The van der Waals surface area contributed by atoms with Crippen LogP contribution in [0.2, 0.25) is 10.0 Å². The number of rotatable bonds is 4. The van der Waals surface area contributed by atoms with Gasteiger partial charge in [-0.3, -0.25) is 4.79 Å². The van der Waals surface area contributed by atoms with Crippen LogP contribution in [-0.4, -0.2) is 11.8 Å². The fourth-order valence-electron chi connectivity index (χ4n) is 1.81. The lowest BCUT2D eigenvalue weighted by atomic mass is 10.1. The molecule has 0 bridgehead atoms. The highest BCUT2D eigenvalue weighted by molar-refractivity contribution is 6.36. The number of halogens is 3. The number of benzene rings is 2. The molecule has 2 aromatic carbocycles. The minimum Gasteiger partial charge on any atom is -0.344 e. The average Bonchev–Trinajstić information content (AvgIpc) is 2.45. The van der Waals surface area contributed by atoms with Gasteiger partial charge in [-0.15, -0.1) is 11.6 Å². The first kappa shape index (κ1) is 15.2. The van der Waals surface area contributed by atoms with Gasteiger partial charge in [-0.25, -0.2) is 0 Å². The van der Waals surface area contributed by atoms with Crippen LogP contribution in [0.3, 0.4) is 0 Å². The molecule has 0 aliphatic heterocycles. The Labute approximate surface area is 132 Å². The van der Waals surface area contributed by atoms with Crippen molar-refractivity contribution in [2.75, 3.05) is 5.88 Å². The Morgan fingerprint density at radius 2 is 1.80 bits per heavy atom. The standard InChI is InChI=1S/C15H12Cl3NO/c16-9-14(10-4-2-1-3-5-10)19-15(20)12-7-6-11(17)8-13(12)18/h1-8,14H,9H2,(H,19,20). The third-order valence-corrected chi connectivity index (χ3v) is 3.69. The molecule has 0 aliphatic carbocycles. The van der Waals surface area contributed by atoms with E-state index in [0.717, 1.165) is 5.56 Å². The maximum absolute atomic E-state index is 12.2. The molecule has 104 valence electrons. The zero-order valence-electron chi connectivity index (χ0n) is 10.4. The smallest absolute Gasteiger partial charge is 0.253 e. The van der Waals surface area contributed by atoms with Crippen LogP contribution in [0.1, 0.15) is 22.0 Å². The predicted octanol–water partition coefficient (Wildman–Crippen LogP) is 4.70. The maximum atomic E-state index is 12.2. The molecule has 0 fully saturated rings. The highest BCUT2D eigenvalue weighted by Gasteiger charge is 2.16. The van der Waals surface area contributed by atoms with Gasteiger partial charge in [0, 0.05) is 10.9 Å². The molecule has 2 aromatic rings. The van der Waals surface area contributed by atoms with Gasteiger partial charge >= 0.3 is 0 Å². The monoisotopic (exact) mass is 327 g/mol. The number of nitrogens with one attached hydrogen (secondary N) is 1. The molecule has 1 N–H and O–H groups in total. The fraction of sp³-hybridized carbons (Fsp3) is 0.133. The van der Waals surface area contributed by atoms with Crippen LogP contribution < -0.4 is 5.32 Å². The summed E-state index contributed by atoms with van der Waals surface area (Å²) in [5.41, 5.74) is 1.32. The molecule has 0 radical (unpaired) electrons. The van der Waals surface area contributed by atoms with Gasteiger partial charge in [-0.2, -0.15) is 0 Å². The number of hydrogen-bond acceptors (Lipinski definition) is 1. The summed E-state index contributed by atoms with van der Waals surface area (Å²) in [6.45, 7) is 0. The molecule has 0 heterocycles. The minimum absolute atomic E-state index is 0.267. The highest BCUT2D eigenvalue weighted by Crippen LogP contribution is 2.22. The van der Waals surface area contributed by atoms with Crippen LogP contribution in [0.25, 0.3) is 0 Å². The van der Waals surface area contributed by atoms with E-state index in [4.69, 9.17) is 34.8 Å². The summed E-state index contributed by atoms with van der Waals surface area (Å²) in [4.78, 5) is 12.2. The number of carbonyl (C=O) groups excluding carboxylic acids is 1. The first-order valence-electron chi connectivity index (χ1n) is 5.98. The summed E-state index contributed by atoms with van der Waals surface area (Å²) >= 11 is 17.8. The van der Waals surface area contributed by atoms with E-state index in [1.54, 1.807) is 12.1 Å². The largest absolute Gasteiger partial charge is 0.344 e. The van der Waals surface area contributed by atoms with Gasteiger partial charge in [-0.05, 0) is 23.8 Å². The number of amides is 1. The molecule has 2 nitrogen and oxygen atoms in total. The van der Waals surface area contributed by atoms with Gasteiger partial charge in [-0.1, -0.05) is 53.5 Å². The molecule has 0 aliphatic rings. The zero-order chi connectivity index (χ0) is 14.5. The van der Waals surface area contributed by atoms with Crippen LogP contribution in [0.4, 0.5) is 0 Å². The lowest BCUT2D eigenvalue weighted by Crippen LogP contribution is -2.29. The summed E-state index contributed by atoms with van der Waals surface area (Å²) in [6, 6.07) is 14.0. The van der Waals surface area contributed by atoms with Crippen LogP contribution in [0.15, 0.2) is 48.5 Å². The Hall–Kier alpha value is -1.22. The number of carbonyl (C=O) groups is 1. The SMILES string of the molecule is O=C(NC(CCl)c1ccccc1)c1ccc(Cl)cc1Cl. The lowest BCUT2D eigenvalue weighted by Gasteiger charge is -2.17. The van der Waals surface area contributed by atoms with Crippen LogP contribution in [0.5, 0.6) is 0 Å². The molecular weight excluding hydrogens is 317 g/mol. The summed E-state index contributed by atoms with van der Waals surface area (Å²) in [5, 5.41) is 3.67. The summed E-state index contributed by atoms with van der Waals surface area (Å²) < 4.78 is 0. The van der Waals surface area contributed by atoms with Crippen molar-refractivity contribution < 1.29 is 4.79 Å². The Kier molecular flexibility index (Phi) is 5.30. The van der Waals surface area contributed by atoms with Crippen molar-refractivity contribution in [3.8, 4) is 0 Å². The molecule has 0 aromatic heterocycles. The van der Waals surface area contributed by atoms with Crippen LogP contribution in [0, 0.1) is 0 Å². The normalized spacial score (nSPS) is 11.9. The van der Waals surface area contributed by atoms with Crippen LogP contribution in [-0.2, 0) is 0 Å². The Morgan fingerprint density at radius 3 is 2.40 bits per heavy atom. The lowest BCUT2D eigenvalue weighted by molar-refractivity contribution is 0.0940.